The van der Waals surface area contributed by atoms with Crippen molar-refractivity contribution in [3.63, 3.8) is 0 Å². The lowest BCUT2D eigenvalue weighted by molar-refractivity contribution is -0.0104. The average Bonchev–Trinajstić information content (AvgIpc) is 2.44. The van der Waals surface area contributed by atoms with Gasteiger partial charge in [0.25, 0.3) is 0 Å². The van der Waals surface area contributed by atoms with E-state index in [1.807, 2.05) is 13.8 Å². The highest BCUT2D eigenvalue weighted by atomic mass is 16.5. The zero-order chi connectivity index (χ0) is 15.7. The third-order valence-electron chi connectivity index (χ3n) is 3.19. The van der Waals surface area contributed by atoms with Crippen molar-refractivity contribution in [3.8, 4) is 0 Å². The van der Waals surface area contributed by atoms with Crippen LogP contribution in [0.4, 0.5) is 0 Å². The van der Waals surface area contributed by atoms with Crippen LogP contribution in [0.5, 0.6) is 0 Å². The molecule has 4 heteroatoms. The lowest BCUT2D eigenvalue weighted by Crippen LogP contribution is -2.32. The highest BCUT2D eigenvalue weighted by molar-refractivity contribution is 5.24. The van der Waals surface area contributed by atoms with Crippen molar-refractivity contribution < 1.29 is 14.6 Å². The third-order valence-corrected chi connectivity index (χ3v) is 3.19. The van der Waals surface area contributed by atoms with Gasteiger partial charge in [0.15, 0.2) is 0 Å². The van der Waals surface area contributed by atoms with Crippen LogP contribution < -0.4 is 5.32 Å². The van der Waals surface area contributed by atoms with Gasteiger partial charge in [-0.2, -0.15) is 0 Å². The lowest BCUT2D eigenvalue weighted by atomic mass is 10.1. The third kappa shape index (κ3) is 8.17. The molecule has 120 valence electrons. The Labute approximate surface area is 128 Å². The van der Waals surface area contributed by atoms with Gasteiger partial charge in [-0.3, -0.25) is 0 Å². The molecule has 0 amide bonds. The lowest BCUT2D eigenvalue weighted by Gasteiger charge is -2.18. The summed E-state index contributed by atoms with van der Waals surface area (Å²) >= 11 is 0. The van der Waals surface area contributed by atoms with Gasteiger partial charge >= 0.3 is 0 Å². The minimum Gasteiger partial charge on any atom is -0.389 e. The molecule has 4 nitrogen and oxygen atoms in total. The molecule has 1 aromatic carbocycles. The zero-order valence-corrected chi connectivity index (χ0v) is 13.6. The van der Waals surface area contributed by atoms with E-state index in [0.717, 1.165) is 0 Å². The Morgan fingerprint density at radius 3 is 2.62 bits per heavy atom. The predicted molar refractivity (Wildman–Crippen MR) is 85.5 cm³/mol. The van der Waals surface area contributed by atoms with Gasteiger partial charge in [-0.1, -0.05) is 29.8 Å². The van der Waals surface area contributed by atoms with E-state index in [4.69, 9.17) is 9.47 Å². The van der Waals surface area contributed by atoms with E-state index in [1.165, 1.54) is 11.1 Å². The number of aryl methyl sites for hydroxylation is 1. The first-order valence-corrected chi connectivity index (χ1v) is 7.66. The maximum Gasteiger partial charge on any atom is 0.0897 e. The van der Waals surface area contributed by atoms with Gasteiger partial charge < -0.3 is 19.9 Å². The summed E-state index contributed by atoms with van der Waals surface area (Å²) in [6.45, 7) is 10.1. The van der Waals surface area contributed by atoms with E-state index in [9.17, 15) is 5.11 Å². The fourth-order valence-corrected chi connectivity index (χ4v) is 1.99. The largest absolute Gasteiger partial charge is 0.389 e. The first kappa shape index (κ1) is 18.1. The molecule has 0 aliphatic heterocycles. The summed E-state index contributed by atoms with van der Waals surface area (Å²) in [7, 11) is 0. The topological polar surface area (TPSA) is 50.7 Å². The summed E-state index contributed by atoms with van der Waals surface area (Å²) in [6.07, 6.45) is -0.285. The molecule has 21 heavy (non-hydrogen) atoms. The van der Waals surface area contributed by atoms with Crippen LogP contribution in [0, 0.1) is 6.92 Å². The molecule has 0 aliphatic carbocycles. The zero-order valence-electron chi connectivity index (χ0n) is 13.6. The number of ether oxygens (including phenoxy) is 2. The van der Waals surface area contributed by atoms with E-state index in [0.29, 0.717) is 26.4 Å². The van der Waals surface area contributed by atoms with Crippen LogP contribution in [-0.4, -0.2) is 43.7 Å². The Bertz CT molecular complexity index is 395. The molecular weight excluding hydrogens is 266 g/mol. The van der Waals surface area contributed by atoms with Crippen LogP contribution in [0.3, 0.4) is 0 Å². The Kier molecular flexibility index (Phi) is 8.54. The molecule has 0 radical (unpaired) electrons. The standard InChI is InChI=1S/C17H29NO3/c1-13(2)21-9-8-20-12-17(19)11-18-15(4)16-7-5-6-14(3)10-16/h5-7,10,13,15,17-19H,8-9,11-12H2,1-4H3/t15-,17?/m1/s1. The van der Waals surface area contributed by atoms with E-state index in [-0.39, 0.29) is 12.1 Å². The van der Waals surface area contributed by atoms with Crippen molar-refractivity contribution in [2.45, 2.75) is 45.9 Å². The average molecular weight is 295 g/mol. The molecule has 2 atom stereocenters. The number of nitrogens with one attached hydrogen (secondary N) is 1. The molecule has 0 aromatic heterocycles. The first-order chi connectivity index (χ1) is 9.99. The summed E-state index contributed by atoms with van der Waals surface area (Å²) in [5.74, 6) is 0. The maximum atomic E-state index is 9.88. The van der Waals surface area contributed by atoms with Crippen LogP contribution in [0.25, 0.3) is 0 Å². The van der Waals surface area contributed by atoms with Crippen LogP contribution in [0.15, 0.2) is 24.3 Å². The molecule has 0 bridgehead atoms. The van der Waals surface area contributed by atoms with Crippen molar-refractivity contribution in [3.05, 3.63) is 35.4 Å². The summed E-state index contributed by atoms with van der Waals surface area (Å²) < 4.78 is 10.8. The Hall–Kier alpha value is -0.940. The SMILES string of the molecule is Cc1cccc([C@@H](C)NCC(O)COCCOC(C)C)c1. The highest BCUT2D eigenvalue weighted by Gasteiger charge is 2.09. The summed E-state index contributed by atoms with van der Waals surface area (Å²) in [6, 6.07) is 8.60. The maximum absolute atomic E-state index is 9.88. The number of benzene rings is 1. The van der Waals surface area contributed by atoms with Crippen molar-refractivity contribution in [1.29, 1.82) is 0 Å². The molecule has 0 saturated heterocycles. The smallest absolute Gasteiger partial charge is 0.0897 e. The summed E-state index contributed by atoms with van der Waals surface area (Å²) in [5.41, 5.74) is 2.48. The molecule has 0 fully saturated rings. The predicted octanol–water partition coefficient (Wildman–Crippen LogP) is 2.45. The van der Waals surface area contributed by atoms with Crippen LogP contribution >= 0.6 is 0 Å². The second-order valence-corrected chi connectivity index (χ2v) is 5.69. The van der Waals surface area contributed by atoms with Crippen molar-refractivity contribution in [2.75, 3.05) is 26.4 Å². The fraction of sp³-hybridized carbons (Fsp3) is 0.647. The minimum absolute atomic E-state index is 0.212. The van der Waals surface area contributed by atoms with Gasteiger partial charge in [0, 0.05) is 12.6 Å². The molecule has 0 aliphatic rings. The van der Waals surface area contributed by atoms with Gasteiger partial charge in [-0.05, 0) is 33.3 Å². The number of aliphatic hydroxyl groups excluding tert-OH is 1. The normalized spacial score (nSPS) is 14.4. The van der Waals surface area contributed by atoms with Gasteiger partial charge in [0.2, 0.25) is 0 Å². The Morgan fingerprint density at radius 2 is 1.95 bits per heavy atom. The molecule has 1 rings (SSSR count). The Balaban J connectivity index is 2.16. The van der Waals surface area contributed by atoms with E-state index in [2.05, 4.69) is 43.4 Å². The number of rotatable bonds is 10. The fourth-order valence-electron chi connectivity index (χ4n) is 1.99. The quantitative estimate of drug-likeness (QED) is 0.651. The number of hydrogen-bond donors (Lipinski definition) is 2. The second kappa shape index (κ2) is 9.90. The van der Waals surface area contributed by atoms with Gasteiger partial charge in [-0.25, -0.2) is 0 Å². The van der Waals surface area contributed by atoms with Crippen LogP contribution in [0.2, 0.25) is 0 Å². The van der Waals surface area contributed by atoms with Crippen molar-refractivity contribution in [1.82, 2.24) is 5.32 Å². The van der Waals surface area contributed by atoms with E-state index >= 15 is 0 Å². The Morgan fingerprint density at radius 1 is 1.19 bits per heavy atom. The summed E-state index contributed by atoms with van der Waals surface area (Å²) in [4.78, 5) is 0. The van der Waals surface area contributed by atoms with Crippen molar-refractivity contribution in [2.24, 2.45) is 0 Å². The minimum atomic E-state index is -0.503. The van der Waals surface area contributed by atoms with Crippen LogP contribution in [0.1, 0.15) is 37.9 Å². The summed E-state index contributed by atoms with van der Waals surface area (Å²) in [5, 5.41) is 13.2. The second-order valence-electron chi connectivity index (χ2n) is 5.69. The molecule has 1 unspecified atom stereocenters. The van der Waals surface area contributed by atoms with Crippen LogP contribution in [-0.2, 0) is 9.47 Å². The monoisotopic (exact) mass is 295 g/mol. The van der Waals surface area contributed by atoms with Gasteiger partial charge in [0.05, 0.1) is 32.0 Å². The molecular formula is C17H29NO3. The molecule has 1 aromatic rings. The molecule has 0 heterocycles. The first-order valence-electron chi connectivity index (χ1n) is 7.66. The van der Waals surface area contributed by atoms with E-state index < -0.39 is 6.10 Å². The number of aliphatic hydroxyl groups is 1. The van der Waals surface area contributed by atoms with E-state index in [1.54, 1.807) is 0 Å². The molecule has 2 N–H and O–H groups in total. The molecule has 0 spiro atoms. The molecule has 0 saturated carbocycles. The van der Waals surface area contributed by atoms with Gasteiger partial charge in [0.1, 0.15) is 0 Å². The highest BCUT2D eigenvalue weighted by Crippen LogP contribution is 2.13. The van der Waals surface area contributed by atoms with Gasteiger partial charge in [-0.15, -0.1) is 0 Å². The van der Waals surface area contributed by atoms with Crippen molar-refractivity contribution >= 4 is 0 Å². The number of hydrogen-bond acceptors (Lipinski definition) is 4.